The van der Waals surface area contributed by atoms with Crippen molar-refractivity contribution in [2.75, 3.05) is 11.8 Å². The second-order valence-corrected chi connectivity index (χ2v) is 5.46. The van der Waals surface area contributed by atoms with Crippen molar-refractivity contribution in [2.45, 2.75) is 26.7 Å². The summed E-state index contributed by atoms with van der Waals surface area (Å²) in [4.78, 5) is 30.0. The van der Waals surface area contributed by atoms with E-state index in [9.17, 15) is 9.59 Å². The number of hydrogen-bond donors (Lipinski definition) is 0. The van der Waals surface area contributed by atoms with Crippen molar-refractivity contribution in [3.63, 3.8) is 0 Å². The van der Waals surface area contributed by atoms with Crippen LogP contribution in [0.3, 0.4) is 0 Å². The first-order valence-electron chi connectivity index (χ1n) is 7.63. The van der Waals surface area contributed by atoms with Gasteiger partial charge in [0.2, 0.25) is 0 Å². The van der Waals surface area contributed by atoms with Gasteiger partial charge in [-0.3, -0.25) is 19.6 Å². The van der Waals surface area contributed by atoms with E-state index in [4.69, 9.17) is 23.2 Å². The Morgan fingerprint density at radius 2 is 1.17 bits per heavy atom. The van der Waals surface area contributed by atoms with E-state index in [-0.39, 0.29) is 23.3 Å². The molecule has 0 bridgehead atoms. The quantitative estimate of drug-likeness (QED) is 0.569. The highest BCUT2D eigenvalue weighted by atomic mass is 35.5. The summed E-state index contributed by atoms with van der Waals surface area (Å²) in [6, 6.07) is 7.21. The molecule has 0 radical (unpaired) electrons. The third-order valence-corrected chi connectivity index (χ3v) is 3.77. The molecule has 0 aromatic carbocycles. The number of Topliss-reactive ketones (excluding diaryl/α,β-unsaturated/α-hetero) is 2. The van der Waals surface area contributed by atoms with E-state index >= 15 is 0 Å². The maximum Gasteiger partial charge on any atom is 0.195 e. The molecule has 24 heavy (non-hydrogen) atoms. The maximum absolute atomic E-state index is 11.0. The maximum atomic E-state index is 11.0. The molecule has 2 aromatic heterocycles. The molecule has 0 aliphatic rings. The SMILES string of the molecule is CCc1ccc(C(=O)CCl)nc1.CCc1ccc(C(=O)CCl)nc1. The monoisotopic (exact) mass is 366 g/mol. The van der Waals surface area contributed by atoms with E-state index in [1.807, 2.05) is 26.0 Å². The van der Waals surface area contributed by atoms with Crippen LogP contribution < -0.4 is 0 Å². The van der Waals surface area contributed by atoms with Gasteiger partial charge in [-0.25, -0.2) is 0 Å². The number of nitrogens with zero attached hydrogens (tertiary/aromatic N) is 2. The summed E-state index contributed by atoms with van der Waals surface area (Å²) in [5, 5.41) is 0. The van der Waals surface area contributed by atoms with Gasteiger partial charge in [-0.15, -0.1) is 23.2 Å². The molecule has 0 aliphatic carbocycles. The predicted molar refractivity (Wildman–Crippen MR) is 97.3 cm³/mol. The summed E-state index contributed by atoms with van der Waals surface area (Å²) in [6.07, 6.45) is 5.28. The Bertz CT molecular complexity index is 596. The van der Waals surface area contributed by atoms with E-state index in [1.165, 1.54) is 0 Å². The molecule has 0 saturated heterocycles. The minimum Gasteiger partial charge on any atom is -0.291 e. The smallest absolute Gasteiger partial charge is 0.195 e. The minimum absolute atomic E-state index is 0.00152. The van der Waals surface area contributed by atoms with Crippen LogP contribution in [0, 0.1) is 0 Å². The first-order chi connectivity index (χ1) is 11.5. The summed E-state index contributed by atoms with van der Waals surface area (Å²) in [7, 11) is 0. The summed E-state index contributed by atoms with van der Waals surface area (Å²) in [5.41, 5.74) is 3.15. The first-order valence-corrected chi connectivity index (χ1v) is 8.70. The molecule has 0 saturated carbocycles. The van der Waals surface area contributed by atoms with Gasteiger partial charge in [-0.1, -0.05) is 26.0 Å². The summed E-state index contributed by atoms with van der Waals surface area (Å²) < 4.78 is 0. The molecule has 2 aromatic rings. The molecule has 0 unspecified atom stereocenters. The van der Waals surface area contributed by atoms with Crippen molar-refractivity contribution < 1.29 is 9.59 Å². The number of hydrogen-bond acceptors (Lipinski definition) is 4. The van der Waals surface area contributed by atoms with E-state index in [0.29, 0.717) is 11.4 Å². The van der Waals surface area contributed by atoms with Crippen LogP contribution in [-0.4, -0.2) is 33.3 Å². The number of rotatable bonds is 6. The number of alkyl halides is 2. The van der Waals surface area contributed by atoms with Crippen molar-refractivity contribution in [1.82, 2.24) is 9.97 Å². The highest BCUT2D eigenvalue weighted by Crippen LogP contribution is 2.03. The van der Waals surface area contributed by atoms with Crippen LogP contribution in [-0.2, 0) is 12.8 Å². The molecule has 0 aliphatic heterocycles. The second kappa shape index (κ2) is 10.9. The molecule has 0 spiro atoms. The Morgan fingerprint density at radius 3 is 1.38 bits per heavy atom. The first kappa shape index (κ1) is 20.3. The Labute approximate surface area is 152 Å². The van der Waals surface area contributed by atoms with Gasteiger partial charge >= 0.3 is 0 Å². The van der Waals surface area contributed by atoms with Crippen LogP contribution in [0.5, 0.6) is 0 Å². The van der Waals surface area contributed by atoms with Crippen molar-refractivity contribution in [2.24, 2.45) is 0 Å². The average Bonchev–Trinajstić information content (AvgIpc) is 2.67. The van der Waals surface area contributed by atoms with Gasteiger partial charge in [-0.05, 0) is 36.1 Å². The van der Waals surface area contributed by atoms with Crippen molar-refractivity contribution in [3.8, 4) is 0 Å². The summed E-state index contributed by atoms with van der Waals surface area (Å²) in [5.74, 6) is -0.254. The van der Waals surface area contributed by atoms with E-state index in [1.54, 1.807) is 24.5 Å². The fourth-order valence-electron chi connectivity index (χ4n) is 1.73. The summed E-state index contributed by atoms with van der Waals surface area (Å²) in [6.45, 7) is 4.08. The number of carbonyl (C=O) groups is 2. The molecule has 6 heteroatoms. The van der Waals surface area contributed by atoms with Gasteiger partial charge in [-0.2, -0.15) is 0 Å². The lowest BCUT2D eigenvalue weighted by molar-refractivity contribution is 0.100. The Kier molecular flexibility index (Phi) is 9.20. The standard InChI is InChI=1S/2C9H10ClNO/c2*1-2-7-3-4-8(11-6-7)9(12)5-10/h2*3-4,6H,2,5H2,1H3. The fourth-order valence-corrected chi connectivity index (χ4v) is 2.01. The van der Waals surface area contributed by atoms with Gasteiger partial charge in [0.1, 0.15) is 11.4 Å². The molecule has 0 N–H and O–H groups in total. The minimum atomic E-state index is -0.126. The number of pyridine rings is 2. The average molecular weight is 367 g/mol. The van der Waals surface area contributed by atoms with Crippen molar-refractivity contribution in [1.29, 1.82) is 0 Å². The van der Waals surface area contributed by atoms with Gasteiger partial charge in [0.25, 0.3) is 0 Å². The highest BCUT2D eigenvalue weighted by molar-refractivity contribution is 6.30. The van der Waals surface area contributed by atoms with Crippen LogP contribution >= 0.6 is 23.2 Å². The number of aromatic nitrogens is 2. The molecule has 2 heterocycles. The molecule has 0 atom stereocenters. The molecular formula is C18H20Cl2N2O2. The zero-order chi connectivity index (χ0) is 17.9. The fraction of sp³-hybridized carbons (Fsp3) is 0.333. The third kappa shape index (κ3) is 6.38. The number of ketones is 2. The number of halogens is 2. The Hall–Kier alpha value is -1.78. The van der Waals surface area contributed by atoms with Crippen molar-refractivity contribution in [3.05, 3.63) is 59.2 Å². The van der Waals surface area contributed by atoms with Crippen molar-refractivity contribution >= 4 is 34.8 Å². The zero-order valence-electron chi connectivity index (χ0n) is 13.8. The lowest BCUT2D eigenvalue weighted by Gasteiger charge is -1.97. The van der Waals surface area contributed by atoms with E-state index in [0.717, 1.165) is 24.0 Å². The molecular weight excluding hydrogens is 347 g/mol. The van der Waals surface area contributed by atoms with Gasteiger partial charge in [0, 0.05) is 12.4 Å². The molecule has 0 fully saturated rings. The highest BCUT2D eigenvalue weighted by Gasteiger charge is 2.04. The van der Waals surface area contributed by atoms with E-state index < -0.39 is 0 Å². The van der Waals surface area contributed by atoms with Crippen LogP contribution in [0.2, 0.25) is 0 Å². The van der Waals surface area contributed by atoms with Crippen LogP contribution in [0.1, 0.15) is 46.0 Å². The van der Waals surface area contributed by atoms with E-state index in [2.05, 4.69) is 9.97 Å². The zero-order valence-corrected chi connectivity index (χ0v) is 15.3. The largest absolute Gasteiger partial charge is 0.291 e. The molecule has 128 valence electrons. The predicted octanol–water partition coefficient (Wildman–Crippen LogP) is 4.13. The van der Waals surface area contributed by atoms with Gasteiger partial charge < -0.3 is 0 Å². The van der Waals surface area contributed by atoms with Crippen LogP contribution in [0.25, 0.3) is 0 Å². The molecule has 4 nitrogen and oxygen atoms in total. The van der Waals surface area contributed by atoms with Crippen LogP contribution in [0.15, 0.2) is 36.7 Å². The topological polar surface area (TPSA) is 59.9 Å². The molecule has 2 rings (SSSR count). The summed E-state index contributed by atoms with van der Waals surface area (Å²) >= 11 is 10.7. The lowest BCUT2D eigenvalue weighted by atomic mass is 10.2. The third-order valence-electron chi connectivity index (χ3n) is 3.28. The van der Waals surface area contributed by atoms with Gasteiger partial charge in [0.05, 0.1) is 11.8 Å². The number of carbonyl (C=O) groups excluding carboxylic acids is 2. The second-order valence-electron chi connectivity index (χ2n) is 4.92. The Morgan fingerprint density at radius 1 is 0.792 bits per heavy atom. The van der Waals surface area contributed by atoms with Gasteiger partial charge in [0.15, 0.2) is 11.6 Å². The molecule has 0 amide bonds. The van der Waals surface area contributed by atoms with Crippen LogP contribution in [0.4, 0.5) is 0 Å². The normalized spacial score (nSPS) is 9.83. The number of aryl methyl sites for hydroxylation is 2. The Balaban J connectivity index is 0.000000240. The lowest BCUT2D eigenvalue weighted by Crippen LogP contribution is -2.03.